The van der Waals surface area contributed by atoms with Gasteiger partial charge in [0.15, 0.2) is 11.6 Å². The predicted molar refractivity (Wildman–Crippen MR) is 61.3 cm³/mol. The van der Waals surface area contributed by atoms with Crippen molar-refractivity contribution in [1.29, 1.82) is 0 Å². The maximum atomic E-state index is 13.4. The summed E-state index contributed by atoms with van der Waals surface area (Å²) in [6.07, 6.45) is -0.777. The molecule has 1 atom stereocenters. The summed E-state index contributed by atoms with van der Waals surface area (Å²) in [5.74, 6) is -0.280. The fourth-order valence-electron chi connectivity index (χ4n) is 1.46. The summed E-state index contributed by atoms with van der Waals surface area (Å²) in [6, 6.07) is 8.14. The summed E-state index contributed by atoms with van der Waals surface area (Å²) < 4.78 is 18.2. The van der Waals surface area contributed by atoms with E-state index in [-0.39, 0.29) is 5.75 Å². The molecule has 0 spiro atoms. The Bertz CT molecular complexity index is 468. The van der Waals surface area contributed by atoms with Gasteiger partial charge in [-0.05, 0) is 29.1 Å². The summed E-state index contributed by atoms with van der Waals surface area (Å²) in [6.45, 7) is 0. The van der Waals surface area contributed by atoms with Crippen LogP contribution in [0.3, 0.4) is 0 Å². The van der Waals surface area contributed by atoms with Crippen molar-refractivity contribution >= 4 is 11.3 Å². The molecule has 2 nitrogen and oxygen atoms in total. The molecule has 0 bridgehead atoms. The van der Waals surface area contributed by atoms with Gasteiger partial charge < -0.3 is 9.84 Å². The molecule has 0 saturated heterocycles. The third-order valence-corrected chi connectivity index (χ3v) is 3.23. The topological polar surface area (TPSA) is 29.5 Å². The van der Waals surface area contributed by atoms with Crippen LogP contribution in [0.4, 0.5) is 4.39 Å². The molecule has 0 aliphatic rings. The van der Waals surface area contributed by atoms with Gasteiger partial charge in [-0.1, -0.05) is 12.1 Å². The molecule has 1 N–H and O–H groups in total. The van der Waals surface area contributed by atoms with Crippen LogP contribution < -0.4 is 4.74 Å². The van der Waals surface area contributed by atoms with E-state index < -0.39 is 11.9 Å². The molecule has 0 saturated carbocycles. The molecule has 0 amide bonds. The zero-order chi connectivity index (χ0) is 11.5. The van der Waals surface area contributed by atoms with Crippen molar-refractivity contribution in [2.24, 2.45) is 0 Å². The molecule has 4 heteroatoms. The first-order valence-corrected chi connectivity index (χ1v) is 5.65. The van der Waals surface area contributed by atoms with Crippen LogP contribution in [0.2, 0.25) is 0 Å². The predicted octanol–water partition coefficient (Wildman–Crippen LogP) is 2.98. The molecule has 0 unspecified atom stereocenters. The second-order valence-electron chi connectivity index (χ2n) is 3.31. The van der Waals surface area contributed by atoms with Crippen LogP contribution in [-0.2, 0) is 0 Å². The van der Waals surface area contributed by atoms with Crippen molar-refractivity contribution in [2.75, 3.05) is 7.11 Å². The van der Waals surface area contributed by atoms with Crippen molar-refractivity contribution in [3.8, 4) is 5.75 Å². The molecule has 0 aliphatic heterocycles. The van der Waals surface area contributed by atoms with Gasteiger partial charge in [-0.25, -0.2) is 4.39 Å². The average molecular weight is 238 g/mol. The number of thiophene rings is 1. The lowest BCUT2D eigenvalue weighted by Gasteiger charge is -2.10. The quantitative estimate of drug-likeness (QED) is 0.890. The van der Waals surface area contributed by atoms with Crippen molar-refractivity contribution in [1.82, 2.24) is 0 Å². The first-order valence-electron chi connectivity index (χ1n) is 4.77. The summed E-state index contributed by atoms with van der Waals surface area (Å²) in [5.41, 5.74) is 0.528. The van der Waals surface area contributed by atoms with E-state index >= 15 is 0 Å². The van der Waals surface area contributed by atoms with Gasteiger partial charge in [0.1, 0.15) is 6.10 Å². The van der Waals surface area contributed by atoms with E-state index in [1.807, 2.05) is 17.5 Å². The Balaban J connectivity index is 2.31. The van der Waals surface area contributed by atoms with Crippen molar-refractivity contribution in [3.05, 3.63) is 52.0 Å². The maximum Gasteiger partial charge on any atom is 0.165 e. The highest BCUT2D eigenvalue weighted by atomic mass is 32.1. The van der Waals surface area contributed by atoms with Gasteiger partial charge in [-0.2, -0.15) is 0 Å². The monoisotopic (exact) mass is 238 g/mol. The lowest BCUT2D eigenvalue weighted by atomic mass is 10.1. The molecule has 84 valence electrons. The SMILES string of the molecule is COc1ccc([C@H](O)c2cccs2)cc1F. The third kappa shape index (κ3) is 2.08. The lowest BCUT2D eigenvalue weighted by molar-refractivity contribution is 0.223. The molecular formula is C12H11FO2S. The Kier molecular flexibility index (Phi) is 3.22. The molecule has 2 rings (SSSR count). The highest BCUT2D eigenvalue weighted by Gasteiger charge is 2.13. The minimum Gasteiger partial charge on any atom is -0.494 e. The second kappa shape index (κ2) is 4.63. The standard InChI is InChI=1S/C12H11FO2S/c1-15-10-5-4-8(7-9(10)13)12(14)11-3-2-6-16-11/h2-7,12,14H,1H3/t12-/m0/s1. The van der Waals surface area contributed by atoms with Crippen molar-refractivity contribution < 1.29 is 14.2 Å². The number of aliphatic hydroxyl groups is 1. The van der Waals surface area contributed by atoms with E-state index in [0.29, 0.717) is 5.56 Å². The van der Waals surface area contributed by atoms with Crippen LogP contribution in [0.25, 0.3) is 0 Å². The number of hydrogen-bond donors (Lipinski definition) is 1. The van der Waals surface area contributed by atoms with E-state index in [9.17, 15) is 9.50 Å². The fourth-order valence-corrected chi connectivity index (χ4v) is 2.20. The van der Waals surface area contributed by atoms with Crippen LogP contribution in [0.15, 0.2) is 35.7 Å². The van der Waals surface area contributed by atoms with E-state index in [1.54, 1.807) is 6.07 Å². The van der Waals surface area contributed by atoms with E-state index in [2.05, 4.69) is 0 Å². The van der Waals surface area contributed by atoms with Crippen molar-refractivity contribution in [3.63, 3.8) is 0 Å². The van der Waals surface area contributed by atoms with E-state index in [1.165, 1.54) is 30.6 Å². The minimum absolute atomic E-state index is 0.183. The Morgan fingerprint density at radius 3 is 2.75 bits per heavy atom. The highest BCUT2D eigenvalue weighted by Crippen LogP contribution is 2.28. The number of ether oxygens (including phenoxy) is 1. The van der Waals surface area contributed by atoms with Gasteiger partial charge in [0.25, 0.3) is 0 Å². The Hall–Kier alpha value is -1.39. The van der Waals surface area contributed by atoms with Gasteiger partial charge in [0.05, 0.1) is 7.11 Å². The van der Waals surface area contributed by atoms with Crippen LogP contribution in [0.1, 0.15) is 16.5 Å². The Morgan fingerprint density at radius 1 is 1.38 bits per heavy atom. The number of hydrogen-bond acceptors (Lipinski definition) is 3. The number of methoxy groups -OCH3 is 1. The largest absolute Gasteiger partial charge is 0.494 e. The minimum atomic E-state index is -0.777. The van der Waals surface area contributed by atoms with Crippen LogP contribution in [0.5, 0.6) is 5.75 Å². The Morgan fingerprint density at radius 2 is 2.19 bits per heavy atom. The number of halogens is 1. The zero-order valence-electron chi connectivity index (χ0n) is 8.68. The third-order valence-electron chi connectivity index (χ3n) is 2.30. The van der Waals surface area contributed by atoms with Gasteiger partial charge in [-0.3, -0.25) is 0 Å². The summed E-state index contributed by atoms with van der Waals surface area (Å²) >= 11 is 1.44. The lowest BCUT2D eigenvalue weighted by Crippen LogP contribution is -1.98. The summed E-state index contributed by atoms with van der Waals surface area (Å²) in [4.78, 5) is 0.796. The molecule has 1 heterocycles. The summed E-state index contributed by atoms with van der Waals surface area (Å²) in [7, 11) is 1.41. The fraction of sp³-hybridized carbons (Fsp3) is 0.167. The molecule has 1 aromatic heterocycles. The molecule has 0 fully saturated rings. The van der Waals surface area contributed by atoms with Crippen LogP contribution in [0, 0.1) is 5.82 Å². The Labute approximate surface area is 96.9 Å². The maximum absolute atomic E-state index is 13.4. The molecule has 0 aliphatic carbocycles. The van der Waals surface area contributed by atoms with Crippen molar-refractivity contribution in [2.45, 2.75) is 6.10 Å². The number of rotatable bonds is 3. The summed E-state index contributed by atoms with van der Waals surface area (Å²) in [5, 5.41) is 11.8. The van der Waals surface area contributed by atoms with Gasteiger partial charge in [0.2, 0.25) is 0 Å². The second-order valence-corrected chi connectivity index (χ2v) is 4.29. The molecular weight excluding hydrogens is 227 g/mol. The number of aliphatic hydroxyl groups excluding tert-OH is 1. The van der Waals surface area contributed by atoms with Crippen LogP contribution in [-0.4, -0.2) is 12.2 Å². The van der Waals surface area contributed by atoms with E-state index in [4.69, 9.17) is 4.74 Å². The first kappa shape index (κ1) is 11.1. The molecule has 2 aromatic rings. The molecule has 16 heavy (non-hydrogen) atoms. The van der Waals surface area contributed by atoms with Gasteiger partial charge >= 0.3 is 0 Å². The zero-order valence-corrected chi connectivity index (χ0v) is 9.50. The average Bonchev–Trinajstić information content (AvgIpc) is 2.81. The normalized spacial score (nSPS) is 12.4. The number of benzene rings is 1. The van der Waals surface area contributed by atoms with Gasteiger partial charge in [-0.15, -0.1) is 11.3 Å². The van der Waals surface area contributed by atoms with Gasteiger partial charge in [0, 0.05) is 4.88 Å². The molecule has 1 aromatic carbocycles. The molecule has 0 radical (unpaired) electrons. The van der Waals surface area contributed by atoms with E-state index in [0.717, 1.165) is 4.88 Å². The van der Waals surface area contributed by atoms with Crippen LogP contribution >= 0.6 is 11.3 Å². The first-order chi connectivity index (χ1) is 7.72. The highest BCUT2D eigenvalue weighted by molar-refractivity contribution is 7.10. The smallest absolute Gasteiger partial charge is 0.165 e.